The maximum Gasteiger partial charge on any atom is 0.277 e. The summed E-state index contributed by atoms with van der Waals surface area (Å²) in [4.78, 5) is 0. The molecule has 0 aromatic rings. The monoisotopic (exact) mass is 236 g/mol. The van der Waals surface area contributed by atoms with Gasteiger partial charge >= 0.3 is 0 Å². The molecule has 0 saturated carbocycles. The molecule has 7 heteroatoms. The minimum absolute atomic E-state index is 0.0139. The minimum Gasteiger partial charge on any atom is -0.388 e. The molecule has 0 bridgehead atoms. The normalized spacial score (nSPS) is 13.7. The van der Waals surface area contributed by atoms with E-state index in [0.29, 0.717) is 13.0 Å². The molecule has 0 amide bonds. The van der Waals surface area contributed by atoms with Crippen molar-refractivity contribution in [3.8, 4) is 0 Å². The van der Waals surface area contributed by atoms with Crippen molar-refractivity contribution in [3.05, 3.63) is 0 Å². The van der Waals surface area contributed by atoms with E-state index < -0.39 is 10.2 Å². The van der Waals surface area contributed by atoms with E-state index in [0.717, 1.165) is 6.42 Å². The van der Waals surface area contributed by atoms with Gasteiger partial charge in [-0.25, -0.2) is 4.72 Å². The summed E-state index contributed by atoms with van der Waals surface area (Å²) >= 11 is 0. The minimum atomic E-state index is -3.45. The number of amidine groups is 1. The number of rotatable bonds is 8. The number of nitrogens with one attached hydrogen (secondary N) is 3. The van der Waals surface area contributed by atoms with Crippen molar-refractivity contribution in [1.29, 1.82) is 5.41 Å². The van der Waals surface area contributed by atoms with Crippen LogP contribution >= 0.6 is 0 Å². The van der Waals surface area contributed by atoms with Gasteiger partial charge in [-0.15, -0.1) is 0 Å². The van der Waals surface area contributed by atoms with Gasteiger partial charge in [-0.2, -0.15) is 13.1 Å². The van der Waals surface area contributed by atoms with Gasteiger partial charge in [0.05, 0.1) is 5.84 Å². The van der Waals surface area contributed by atoms with Crippen molar-refractivity contribution in [1.82, 2.24) is 9.44 Å². The summed E-state index contributed by atoms with van der Waals surface area (Å²) in [7, 11) is -3.45. The third-order valence-corrected chi connectivity index (χ3v) is 3.05. The summed E-state index contributed by atoms with van der Waals surface area (Å²) in [6.07, 6.45) is 1.58. The van der Waals surface area contributed by atoms with Gasteiger partial charge < -0.3 is 5.73 Å². The summed E-state index contributed by atoms with van der Waals surface area (Å²) in [6.45, 7) is 4.14. The van der Waals surface area contributed by atoms with E-state index in [1.807, 2.05) is 13.8 Å². The van der Waals surface area contributed by atoms with Crippen molar-refractivity contribution >= 4 is 16.0 Å². The van der Waals surface area contributed by atoms with Crippen LogP contribution in [0.1, 0.15) is 33.1 Å². The van der Waals surface area contributed by atoms with Gasteiger partial charge in [0.1, 0.15) is 0 Å². The molecule has 0 saturated heterocycles. The fourth-order valence-electron chi connectivity index (χ4n) is 1.03. The van der Waals surface area contributed by atoms with Gasteiger partial charge in [0.15, 0.2) is 0 Å². The van der Waals surface area contributed by atoms with E-state index in [9.17, 15) is 8.42 Å². The van der Waals surface area contributed by atoms with Crippen molar-refractivity contribution in [2.45, 2.75) is 39.2 Å². The Hall–Kier alpha value is -0.660. The first-order valence-electron chi connectivity index (χ1n) is 5.01. The fraction of sp³-hybridized carbons (Fsp3) is 0.875. The maximum absolute atomic E-state index is 11.4. The van der Waals surface area contributed by atoms with Crippen molar-refractivity contribution in [3.63, 3.8) is 0 Å². The molecule has 0 aromatic carbocycles. The predicted molar refractivity (Wildman–Crippen MR) is 61.0 cm³/mol. The quantitative estimate of drug-likeness (QED) is 0.350. The molecule has 0 rings (SSSR count). The lowest BCUT2D eigenvalue weighted by Crippen LogP contribution is -2.44. The van der Waals surface area contributed by atoms with Crippen molar-refractivity contribution in [2.24, 2.45) is 5.73 Å². The molecule has 0 heterocycles. The maximum atomic E-state index is 11.4. The molecule has 90 valence electrons. The lowest BCUT2D eigenvalue weighted by molar-refractivity contribution is 0.532. The first kappa shape index (κ1) is 14.3. The van der Waals surface area contributed by atoms with Crippen LogP contribution in [0.25, 0.3) is 0 Å². The molecule has 1 unspecified atom stereocenters. The zero-order valence-corrected chi connectivity index (χ0v) is 10.0. The standard InChI is InChI=1S/C8H20N4O2S/c1-3-5-11-15(13,14)12-7(4-2)6-8(9)10/h7,11-12H,3-6H2,1-2H3,(H3,9,10). The topological polar surface area (TPSA) is 108 Å². The Morgan fingerprint density at radius 1 is 1.47 bits per heavy atom. The third-order valence-electron chi connectivity index (χ3n) is 1.82. The largest absolute Gasteiger partial charge is 0.388 e. The summed E-state index contributed by atoms with van der Waals surface area (Å²) in [5.41, 5.74) is 5.22. The van der Waals surface area contributed by atoms with Crippen LogP contribution in [0.2, 0.25) is 0 Å². The fourth-order valence-corrected chi connectivity index (χ4v) is 2.28. The van der Waals surface area contributed by atoms with Crippen LogP contribution in [0.5, 0.6) is 0 Å². The van der Waals surface area contributed by atoms with E-state index in [2.05, 4.69) is 9.44 Å². The van der Waals surface area contributed by atoms with Gasteiger partial charge in [-0.1, -0.05) is 13.8 Å². The van der Waals surface area contributed by atoms with Crippen LogP contribution < -0.4 is 15.2 Å². The van der Waals surface area contributed by atoms with Gasteiger partial charge in [0.25, 0.3) is 10.2 Å². The average Bonchev–Trinajstić information content (AvgIpc) is 2.12. The molecule has 0 radical (unpaired) electrons. The SMILES string of the molecule is CCCNS(=O)(=O)NC(CC)CC(=N)N. The molecule has 0 fully saturated rings. The van der Waals surface area contributed by atoms with Gasteiger partial charge in [-0.3, -0.25) is 5.41 Å². The first-order valence-corrected chi connectivity index (χ1v) is 6.49. The Balaban J connectivity index is 4.21. The summed E-state index contributed by atoms with van der Waals surface area (Å²) in [5, 5.41) is 7.10. The lowest BCUT2D eigenvalue weighted by atomic mass is 10.1. The van der Waals surface area contributed by atoms with E-state index in [1.165, 1.54) is 0 Å². The van der Waals surface area contributed by atoms with Gasteiger partial charge in [-0.05, 0) is 12.8 Å². The Labute approximate surface area is 91.3 Å². The second kappa shape index (κ2) is 6.76. The van der Waals surface area contributed by atoms with E-state index >= 15 is 0 Å². The van der Waals surface area contributed by atoms with Crippen molar-refractivity contribution in [2.75, 3.05) is 6.54 Å². The smallest absolute Gasteiger partial charge is 0.277 e. The van der Waals surface area contributed by atoms with Crippen LogP contribution in [-0.4, -0.2) is 26.8 Å². The molecule has 6 nitrogen and oxygen atoms in total. The highest BCUT2D eigenvalue weighted by Gasteiger charge is 2.15. The number of hydrogen-bond acceptors (Lipinski definition) is 3. The Morgan fingerprint density at radius 3 is 2.47 bits per heavy atom. The van der Waals surface area contributed by atoms with Crippen LogP contribution in [0.15, 0.2) is 0 Å². The van der Waals surface area contributed by atoms with Crippen LogP contribution in [0, 0.1) is 5.41 Å². The molecule has 0 aliphatic heterocycles. The van der Waals surface area contributed by atoms with Crippen LogP contribution in [-0.2, 0) is 10.2 Å². The predicted octanol–water partition coefficient (Wildman–Crippen LogP) is -0.0749. The molecule has 0 aromatic heterocycles. The Kier molecular flexibility index (Phi) is 6.46. The van der Waals surface area contributed by atoms with Crippen LogP contribution in [0.4, 0.5) is 0 Å². The van der Waals surface area contributed by atoms with Gasteiger partial charge in [0.2, 0.25) is 0 Å². The summed E-state index contributed by atoms with van der Waals surface area (Å²) < 4.78 is 27.7. The Morgan fingerprint density at radius 2 is 2.07 bits per heavy atom. The van der Waals surface area contributed by atoms with E-state index in [1.54, 1.807) is 0 Å². The highest BCUT2D eigenvalue weighted by molar-refractivity contribution is 7.87. The lowest BCUT2D eigenvalue weighted by Gasteiger charge is -2.16. The molecule has 15 heavy (non-hydrogen) atoms. The van der Waals surface area contributed by atoms with Crippen LogP contribution in [0.3, 0.4) is 0 Å². The first-order chi connectivity index (χ1) is 6.91. The molecule has 5 N–H and O–H groups in total. The molecular formula is C8H20N4O2S. The number of hydrogen-bond donors (Lipinski definition) is 4. The molecule has 0 spiro atoms. The highest BCUT2D eigenvalue weighted by atomic mass is 32.2. The summed E-state index contributed by atoms with van der Waals surface area (Å²) in [5.74, 6) is -0.0139. The zero-order chi connectivity index (χ0) is 11.9. The van der Waals surface area contributed by atoms with E-state index in [4.69, 9.17) is 11.1 Å². The third kappa shape index (κ3) is 7.29. The molecule has 0 aliphatic carbocycles. The second-order valence-electron chi connectivity index (χ2n) is 3.35. The Bertz CT molecular complexity index is 289. The van der Waals surface area contributed by atoms with Gasteiger partial charge in [0, 0.05) is 19.0 Å². The zero-order valence-electron chi connectivity index (χ0n) is 9.21. The van der Waals surface area contributed by atoms with E-state index in [-0.39, 0.29) is 18.3 Å². The van der Waals surface area contributed by atoms with Crippen molar-refractivity contribution < 1.29 is 8.42 Å². The molecule has 0 aliphatic rings. The summed E-state index contributed by atoms with van der Waals surface area (Å²) in [6, 6.07) is -0.308. The molecule has 1 atom stereocenters. The average molecular weight is 236 g/mol. The number of nitrogens with two attached hydrogens (primary N) is 1. The highest BCUT2D eigenvalue weighted by Crippen LogP contribution is 1.98. The molecular weight excluding hydrogens is 216 g/mol. The second-order valence-corrected chi connectivity index (χ2v) is 4.88.